The van der Waals surface area contributed by atoms with E-state index in [1.807, 2.05) is 12.1 Å². The van der Waals surface area contributed by atoms with E-state index in [1.54, 1.807) is 0 Å². The smallest absolute Gasteiger partial charge is 0.0484 e. The quantitative estimate of drug-likeness (QED) is 0.872. The van der Waals surface area contributed by atoms with Crippen LogP contribution in [0.3, 0.4) is 0 Å². The predicted octanol–water partition coefficient (Wildman–Crippen LogP) is 3.85. The van der Waals surface area contributed by atoms with Gasteiger partial charge in [0.25, 0.3) is 0 Å². The molecule has 3 heteroatoms. The molecule has 0 radical (unpaired) electrons. The van der Waals surface area contributed by atoms with Crippen LogP contribution in [0, 0.1) is 0 Å². The van der Waals surface area contributed by atoms with Gasteiger partial charge in [0.2, 0.25) is 0 Å². The van der Waals surface area contributed by atoms with Crippen molar-refractivity contribution in [2.24, 2.45) is 0 Å². The number of hydrogen-bond donors (Lipinski definition) is 1. The summed E-state index contributed by atoms with van der Waals surface area (Å²) in [6.45, 7) is 7.54. The van der Waals surface area contributed by atoms with Crippen LogP contribution in [0.2, 0.25) is 5.02 Å². The van der Waals surface area contributed by atoms with Crippen molar-refractivity contribution >= 4 is 22.5 Å². The maximum absolute atomic E-state index is 5.99. The first-order valence-electron chi connectivity index (χ1n) is 6.07. The summed E-state index contributed by atoms with van der Waals surface area (Å²) in [4.78, 5) is 0. The molecule has 1 unspecified atom stereocenters. The van der Waals surface area contributed by atoms with Gasteiger partial charge in [0, 0.05) is 40.8 Å². The number of halogens is 1. The summed E-state index contributed by atoms with van der Waals surface area (Å²) in [7, 11) is 0. The number of nitrogens with one attached hydrogen (secondary N) is 1. The van der Waals surface area contributed by atoms with Gasteiger partial charge in [-0.1, -0.05) is 25.4 Å². The van der Waals surface area contributed by atoms with Gasteiger partial charge < -0.3 is 9.88 Å². The standard InChI is InChI=1S/C14H19ClN2/c1-10(2)16-9-11(3)17-7-6-12-8-13(15)4-5-14(12)17/h4-8,10-11,16H,9H2,1-3H3. The molecule has 0 aliphatic heterocycles. The number of nitrogens with zero attached hydrogens (tertiary/aromatic N) is 1. The first-order valence-corrected chi connectivity index (χ1v) is 6.45. The minimum Gasteiger partial charge on any atom is -0.343 e. The van der Waals surface area contributed by atoms with E-state index in [2.05, 4.69) is 49.0 Å². The third-order valence-corrected chi connectivity index (χ3v) is 3.21. The van der Waals surface area contributed by atoms with E-state index >= 15 is 0 Å². The van der Waals surface area contributed by atoms with E-state index in [1.165, 1.54) is 10.9 Å². The highest BCUT2D eigenvalue weighted by atomic mass is 35.5. The fourth-order valence-electron chi connectivity index (χ4n) is 2.02. The normalized spacial score (nSPS) is 13.5. The van der Waals surface area contributed by atoms with Crippen LogP contribution in [0.25, 0.3) is 10.9 Å². The lowest BCUT2D eigenvalue weighted by molar-refractivity contribution is 0.473. The molecule has 0 fully saturated rings. The Morgan fingerprint density at radius 3 is 2.71 bits per heavy atom. The minimum absolute atomic E-state index is 0.441. The molecular weight excluding hydrogens is 232 g/mol. The second-order valence-corrected chi connectivity index (χ2v) is 5.27. The third kappa shape index (κ3) is 2.82. The Morgan fingerprint density at radius 1 is 1.24 bits per heavy atom. The van der Waals surface area contributed by atoms with E-state index in [0.29, 0.717) is 12.1 Å². The maximum Gasteiger partial charge on any atom is 0.0484 e. The molecule has 0 bridgehead atoms. The van der Waals surface area contributed by atoms with Gasteiger partial charge in [-0.3, -0.25) is 0 Å². The van der Waals surface area contributed by atoms with Crippen molar-refractivity contribution < 1.29 is 0 Å². The Morgan fingerprint density at radius 2 is 2.00 bits per heavy atom. The highest BCUT2D eigenvalue weighted by Crippen LogP contribution is 2.23. The molecule has 0 spiro atoms. The Balaban J connectivity index is 2.23. The van der Waals surface area contributed by atoms with Crippen LogP contribution in [-0.4, -0.2) is 17.2 Å². The van der Waals surface area contributed by atoms with Crippen LogP contribution < -0.4 is 5.32 Å². The molecule has 1 atom stereocenters. The molecule has 0 aliphatic carbocycles. The molecule has 0 aliphatic rings. The predicted molar refractivity (Wildman–Crippen MR) is 74.8 cm³/mol. The van der Waals surface area contributed by atoms with Crippen LogP contribution in [-0.2, 0) is 0 Å². The Hall–Kier alpha value is -0.990. The van der Waals surface area contributed by atoms with Crippen molar-refractivity contribution in [2.75, 3.05) is 6.54 Å². The third-order valence-electron chi connectivity index (χ3n) is 2.98. The highest BCUT2D eigenvalue weighted by molar-refractivity contribution is 6.31. The van der Waals surface area contributed by atoms with E-state index in [0.717, 1.165) is 11.6 Å². The zero-order chi connectivity index (χ0) is 12.4. The van der Waals surface area contributed by atoms with E-state index < -0.39 is 0 Å². The molecular formula is C14H19ClN2. The van der Waals surface area contributed by atoms with Gasteiger partial charge in [-0.05, 0) is 31.2 Å². The maximum atomic E-state index is 5.99. The molecule has 2 nitrogen and oxygen atoms in total. The second kappa shape index (κ2) is 5.11. The van der Waals surface area contributed by atoms with Crippen LogP contribution >= 0.6 is 11.6 Å². The molecule has 1 N–H and O–H groups in total. The molecule has 92 valence electrons. The molecule has 2 aromatic rings. The number of hydrogen-bond acceptors (Lipinski definition) is 1. The highest BCUT2D eigenvalue weighted by Gasteiger charge is 2.08. The largest absolute Gasteiger partial charge is 0.343 e. The summed E-state index contributed by atoms with van der Waals surface area (Å²) in [6.07, 6.45) is 2.13. The number of aromatic nitrogens is 1. The molecule has 0 saturated carbocycles. The first kappa shape index (κ1) is 12.5. The van der Waals surface area contributed by atoms with E-state index in [-0.39, 0.29) is 0 Å². The van der Waals surface area contributed by atoms with Crippen molar-refractivity contribution in [3.05, 3.63) is 35.5 Å². The van der Waals surface area contributed by atoms with Crippen molar-refractivity contribution in [1.29, 1.82) is 0 Å². The van der Waals surface area contributed by atoms with Gasteiger partial charge >= 0.3 is 0 Å². The first-order chi connectivity index (χ1) is 8.08. The van der Waals surface area contributed by atoms with Crippen molar-refractivity contribution in [3.63, 3.8) is 0 Å². The summed E-state index contributed by atoms with van der Waals surface area (Å²) >= 11 is 5.99. The van der Waals surface area contributed by atoms with Gasteiger partial charge in [-0.15, -0.1) is 0 Å². The van der Waals surface area contributed by atoms with Gasteiger partial charge in [-0.2, -0.15) is 0 Å². The summed E-state index contributed by atoms with van der Waals surface area (Å²) in [5, 5.41) is 5.46. The Kier molecular flexibility index (Phi) is 3.75. The monoisotopic (exact) mass is 250 g/mol. The van der Waals surface area contributed by atoms with E-state index in [9.17, 15) is 0 Å². The molecule has 2 rings (SSSR count). The fourth-order valence-corrected chi connectivity index (χ4v) is 2.20. The molecule has 0 saturated heterocycles. The molecule has 17 heavy (non-hydrogen) atoms. The van der Waals surface area contributed by atoms with Gasteiger partial charge in [0.1, 0.15) is 0 Å². The van der Waals surface area contributed by atoms with Gasteiger partial charge in [-0.25, -0.2) is 0 Å². The summed E-state index contributed by atoms with van der Waals surface area (Å²) < 4.78 is 2.29. The summed E-state index contributed by atoms with van der Waals surface area (Å²) in [6, 6.07) is 9.13. The fraction of sp³-hybridized carbons (Fsp3) is 0.429. The minimum atomic E-state index is 0.441. The topological polar surface area (TPSA) is 17.0 Å². The Bertz CT molecular complexity index is 502. The average molecular weight is 251 g/mol. The van der Waals surface area contributed by atoms with Crippen LogP contribution in [0.5, 0.6) is 0 Å². The summed E-state index contributed by atoms with van der Waals surface area (Å²) in [5.41, 5.74) is 1.24. The number of benzene rings is 1. The van der Waals surface area contributed by atoms with Crippen molar-refractivity contribution in [3.8, 4) is 0 Å². The zero-order valence-corrected chi connectivity index (χ0v) is 11.3. The second-order valence-electron chi connectivity index (χ2n) is 4.84. The lowest BCUT2D eigenvalue weighted by Crippen LogP contribution is -2.28. The van der Waals surface area contributed by atoms with Crippen LogP contribution in [0.1, 0.15) is 26.8 Å². The lowest BCUT2D eigenvalue weighted by atomic mass is 10.2. The van der Waals surface area contributed by atoms with Gasteiger partial charge in [0.05, 0.1) is 0 Å². The summed E-state index contributed by atoms with van der Waals surface area (Å²) in [5.74, 6) is 0. The van der Waals surface area contributed by atoms with Crippen LogP contribution in [0.4, 0.5) is 0 Å². The van der Waals surface area contributed by atoms with Crippen molar-refractivity contribution in [1.82, 2.24) is 9.88 Å². The average Bonchev–Trinajstić information content (AvgIpc) is 2.68. The SMILES string of the molecule is CC(C)NCC(C)n1ccc2cc(Cl)ccc21. The lowest BCUT2D eigenvalue weighted by Gasteiger charge is -2.18. The molecule has 1 aromatic carbocycles. The Labute approximate surface area is 108 Å². The zero-order valence-electron chi connectivity index (χ0n) is 10.6. The van der Waals surface area contributed by atoms with Crippen molar-refractivity contribution in [2.45, 2.75) is 32.9 Å². The molecule has 1 aromatic heterocycles. The molecule has 1 heterocycles. The number of rotatable bonds is 4. The molecule has 0 amide bonds. The van der Waals surface area contributed by atoms with E-state index in [4.69, 9.17) is 11.6 Å². The van der Waals surface area contributed by atoms with Crippen LogP contribution in [0.15, 0.2) is 30.5 Å². The number of fused-ring (bicyclic) bond motifs is 1. The van der Waals surface area contributed by atoms with Gasteiger partial charge in [0.15, 0.2) is 0 Å².